The number of unbranched alkanes of at least 4 members (excludes halogenated alkanes) is 1. The van der Waals surface area contributed by atoms with E-state index >= 15 is 0 Å². The monoisotopic (exact) mass is 512 g/mol. The summed E-state index contributed by atoms with van der Waals surface area (Å²) in [5.74, 6) is 0.837. The number of para-hydroxylation sites is 1. The second-order valence-electron chi connectivity index (χ2n) is 8.41. The Morgan fingerprint density at radius 2 is 1.65 bits per heavy atom. The van der Waals surface area contributed by atoms with Gasteiger partial charge in [-0.15, -0.1) is 13.2 Å². The Labute approximate surface area is 212 Å². The summed E-state index contributed by atoms with van der Waals surface area (Å²) in [6, 6.07) is 22.4. The summed E-state index contributed by atoms with van der Waals surface area (Å²) >= 11 is 0. The Hall–Kier alpha value is -4.14. The first-order chi connectivity index (χ1) is 17.8. The lowest BCUT2D eigenvalue weighted by molar-refractivity contribution is -0.274. The van der Waals surface area contributed by atoms with Crippen molar-refractivity contribution in [1.29, 1.82) is 0 Å². The molecule has 4 aromatic rings. The van der Waals surface area contributed by atoms with Crippen molar-refractivity contribution in [2.24, 2.45) is 0 Å². The largest absolute Gasteiger partial charge is 0.573 e. The highest BCUT2D eigenvalue weighted by Gasteiger charge is 2.31. The maximum absolute atomic E-state index is 12.5. The van der Waals surface area contributed by atoms with Crippen LogP contribution in [0.5, 0.6) is 17.2 Å². The van der Waals surface area contributed by atoms with Crippen molar-refractivity contribution >= 4 is 17.0 Å². The fraction of sp³-hybridized carbons (Fsp3) is 0.250. The number of benzene rings is 3. The number of aromatic nitrogens is 1. The van der Waals surface area contributed by atoms with Crippen molar-refractivity contribution in [3.05, 3.63) is 90.1 Å². The molecule has 0 aliphatic carbocycles. The zero-order valence-electron chi connectivity index (χ0n) is 20.3. The molecule has 9 heteroatoms. The van der Waals surface area contributed by atoms with Gasteiger partial charge < -0.3 is 24.1 Å². The van der Waals surface area contributed by atoms with E-state index in [1.54, 1.807) is 24.3 Å². The van der Waals surface area contributed by atoms with Crippen LogP contribution in [0, 0.1) is 0 Å². The van der Waals surface area contributed by atoms with E-state index in [1.165, 1.54) is 12.1 Å². The van der Waals surface area contributed by atoms with E-state index in [4.69, 9.17) is 9.47 Å². The van der Waals surface area contributed by atoms with Gasteiger partial charge in [0, 0.05) is 24.0 Å². The first kappa shape index (κ1) is 25.9. The number of nitrogens with one attached hydrogen (secondary N) is 1. The summed E-state index contributed by atoms with van der Waals surface area (Å²) in [7, 11) is 0. The second-order valence-corrected chi connectivity index (χ2v) is 8.41. The van der Waals surface area contributed by atoms with Crippen molar-refractivity contribution < 1.29 is 32.2 Å². The normalized spacial score (nSPS) is 11.4. The lowest BCUT2D eigenvalue weighted by atomic mass is 10.2. The van der Waals surface area contributed by atoms with Gasteiger partial charge in [0.25, 0.3) is 0 Å². The molecule has 1 N–H and O–H groups in total. The average Bonchev–Trinajstić information content (AvgIpc) is 3.20. The SMILES string of the molecule is CCCCNC(=O)Oc1ccc2c(c1)cc(COc1ccccc1)n2Cc1ccc(OC(F)(F)F)cc1. The van der Waals surface area contributed by atoms with E-state index < -0.39 is 12.5 Å². The third-order valence-electron chi connectivity index (χ3n) is 5.60. The zero-order chi connectivity index (χ0) is 26.3. The van der Waals surface area contributed by atoms with Crippen molar-refractivity contribution in [2.45, 2.75) is 39.3 Å². The number of hydrogen-bond donors (Lipinski definition) is 1. The van der Waals surface area contributed by atoms with Gasteiger partial charge in [-0.1, -0.05) is 43.7 Å². The van der Waals surface area contributed by atoms with Crippen LogP contribution in [-0.4, -0.2) is 23.6 Å². The van der Waals surface area contributed by atoms with E-state index in [0.29, 0.717) is 24.6 Å². The van der Waals surface area contributed by atoms with Gasteiger partial charge in [0.2, 0.25) is 0 Å². The molecule has 1 amide bonds. The van der Waals surface area contributed by atoms with Crippen LogP contribution in [0.25, 0.3) is 10.9 Å². The highest BCUT2D eigenvalue weighted by Crippen LogP contribution is 2.28. The van der Waals surface area contributed by atoms with Crippen LogP contribution in [0.1, 0.15) is 31.0 Å². The molecule has 1 aromatic heterocycles. The number of rotatable bonds is 10. The minimum absolute atomic E-state index is 0.266. The van der Waals surface area contributed by atoms with Crippen molar-refractivity contribution in [3.8, 4) is 17.2 Å². The molecule has 0 spiro atoms. The number of ether oxygens (including phenoxy) is 3. The quantitative estimate of drug-likeness (QED) is 0.231. The van der Waals surface area contributed by atoms with Crippen molar-refractivity contribution in [1.82, 2.24) is 9.88 Å². The molecule has 0 fully saturated rings. The van der Waals surface area contributed by atoms with Gasteiger partial charge in [0.05, 0.1) is 5.69 Å². The fourth-order valence-corrected chi connectivity index (χ4v) is 3.84. The molecule has 6 nitrogen and oxygen atoms in total. The highest BCUT2D eigenvalue weighted by atomic mass is 19.4. The smallest absolute Gasteiger partial charge is 0.487 e. The highest BCUT2D eigenvalue weighted by molar-refractivity contribution is 5.84. The Morgan fingerprint density at radius 3 is 2.35 bits per heavy atom. The van der Waals surface area contributed by atoms with Crippen LogP contribution in [0.2, 0.25) is 0 Å². The standard InChI is InChI=1S/C28H27F3N2O4/c1-2-3-15-32-27(34)36-25-13-14-26-21(17-25)16-22(19-35-23-7-5-4-6-8-23)33(26)18-20-9-11-24(12-10-20)37-28(29,30)31/h4-14,16-17H,2-3,15,18-19H2,1H3,(H,32,34). The van der Waals surface area contributed by atoms with E-state index in [9.17, 15) is 18.0 Å². The van der Waals surface area contributed by atoms with E-state index in [0.717, 1.165) is 35.0 Å². The van der Waals surface area contributed by atoms with Gasteiger partial charge in [-0.2, -0.15) is 0 Å². The summed E-state index contributed by atoms with van der Waals surface area (Å²) in [6.45, 7) is 3.24. The van der Waals surface area contributed by atoms with E-state index in [-0.39, 0.29) is 12.4 Å². The van der Waals surface area contributed by atoms with E-state index in [1.807, 2.05) is 54.0 Å². The molecular formula is C28H27F3N2O4. The zero-order valence-corrected chi connectivity index (χ0v) is 20.3. The van der Waals surface area contributed by atoms with Gasteiger partial charge >= 0.3 is 12.5 Å². The van der Waals surface area contributed by atoms with Crippen LogP contribution in [-0.2, 0) is 13.2 Å². The molecule has 4 rings (SSSR count). The molecule has 0 saturated heterocycles. The summed E-state index contributed by atoms with van der Waals surface area (Å²) in [4.78, 5) is 12.1. The Balaban J connectivity index is 1.58. The first-order valence-corrected chi connectivity index (χ1v) is 11.9. The Bertz CT molecular complexity index is 1320. The van der Waals surface area contributed by atoms with Crippen molar-refractivity contribution in [3.63, 3.8) is 0 Å². The fourth-order valence-electron chi connectivity index (χ4n) is 3.84. The molecule has 0 atom stereocenters. The molecule has 0 aliphatic rings. The molecule has 0 radical (unpaired) electrons. The predicted octanol–water partition coefficient (Wildman–Crippen LogP) is 7.06. The second kappa shape index (κ2) is 11.7. The Morgan fingerprint density at radius 1 is 0.919 bits per heavy atom. The van der Waals surface area contributed by atoms with Gasteiger partial charge in [-0.05, 0) is 60.5 Å². The lowest BCUT2D eigenvalue weighted by Gasteiger charge is -2.13. The average molecular weight is 513 g/mol. The third kappa shape index (κ3) is 7.42. The van der Waals surface area contributed by atoms with Crippen molar-refractivity contribution in [2.75, 3.05) is 6.54 Å². The summed E-state index contributed by atoms with van der Waals surface area (Å²) in [5.41, 5.74) is 2.49. The van der Waals surface area contributed by atoms with Crippen LogP contribution >= 0.6 is 0 Å². The van der Waals surface area contributed by atoms with Crippen LogP contribution in [0.3, 0.4) is 0 Å². The number of nitrogens with zero attached hydrogens (tertiary/aromatic N) is 1. The molecule has 0 bridgehead atoms. The summed E-state index contributed by atoms with van der Waals surface area (Å²) in [5, 5.41) is 3.56. The van der Waals surface area contributed by atoms with Gasteiger partial charge in [-0.3, -0.25) is 0 Å². The van der Waals surface area contributed by atoms with Crippen LogP contribution in [0.15, 0.2) is 78.9 Å². The van der Waals surface area contributed by atoms with Gasteiger partial charge in [0.1, 0.15) is 23.9 Å². The molecule has 37 heavy (non-hydrogen) atoms. The third-order valence-corrected chi connectivity index (χ3v) is 5.60. The lowest BCUT2D eigenvalue weighted by Crippen LogP contribution is -2.27. The molecule has 1 heterocycles. The molecule has 0 unspecified atom stereocenters. The summed E-state index contributed by atoms with van der Waals surface area (Å²) < 4.78 is 54.9. The van der Waals surface area contributed by atoms with Crippen LogP contribution < -0.4 is 19.5 Å². The van der Waals surface area contributed by atoms with Crippen LogP contribution in [0.4, 0.5) is 18.0 Å². The maximum atomic E-state index is 12.5. The molecule has 0 aliphatic heterocycles. The first-order valence-electron chi connectivity index (χ1n) is 11.9. The van der Waals surface area contributed by atoms with E-state index in [2.05, 4.69) is 10.1 Å². The topological polar surface area (TPSA) is 61.7 Å². The number of amides is 1. The minimum Gasteiger partial charge on any atom is -0.487 e. The maximum Gasteiger partial charge on any atom is 0.573 e. The minimum atomic E-state index is -4.74. The number of hydrogen-bond acceptors (Lipinski definition) is 4. The molecule has 3 aromatic carbocycles. The molecular weight excluding hydrogens is 485 g/mol. The predicted molar refractivity (Wildman–Crippen MR) is 134 cm³/mol. The number of halogens is 3. The molecule has 194 valence electrons. The van der Waals surface area contributed by atoms with Gasteiger partial charge in [-0.25, -0.2) is 4.79 Å². The Kier molecular flexibility index (Phi) is 8.22. The number of fused-ring (bicyclic) bond motifs is 1. The van der Waals surface area contributed by atoms with Gasteiger partial charge in [0.15, 0.2) is 0 Å². The summed E-state index contributed by atoms with van der Waals surface area (Å²) in [6.07, 6.45) is -3.43. The number of alkyl halides is 3. The molecule has 0 saturated carbocycles. The number of carbonyl (C=O) groups is 1. The number of carbonyl (C=O) groups excluding carboxylic acids is 1.